The van der Waals surface area contributed by atoms with Crippen molar-refractivity contribution >= 4 is 5.82 Å². The summed E-state index contributed by atoms with van der Waals surface area (Å²) in [6.07, 6.45) is 9.09. The van der Waals surface area contributed by atoms with Crippen LogP contribution in [-0.4, -0.2) is 47.8 Å². The van der Waals surface area contributed by atoms with Crippen molar-refractivity contribution in [2.75, 3.05) is 32.2 Å². The Kier molecular flexibility index (Phi) is 8.42. The van der Waals surface area contributed by atoms with Gasteiger partial charge in [-0.05, 0) is 18.9 Å². The summed E-state index contributed by atoms with van der Waals surface area (Å²) in [5, 5.41) is 0. The second-order valence-electron chi connectivity index (χ2n) is 6.99. The van der Waals surface area contributed by atoms with Gasteiger partial charge < -0.3 is 19.9 Å². The van der Waals surface area contributed by atoms with E-state index in [0.717, 1.165) is 25.7 Å². The third kappa shape index (κ3) is 4.90. The second-order valence-corrected chi connectivity index (χ2v) is 6.99. The predicted octanol–water partition coefficient (Wildman–Crippen LogP) is 2.31. The molecule has 0 saturated carbocycles. The topological polar surface area (TPSA) is 88.6 Å². The fraction of sp³-hybridized carbons (Fsp3) is 0.700. The minimum atomic E-state index is -1.38. The summed E-state index contributed by atoms with van der Waals surface area (Å²) in [7, 11) is 0. The lowest BCUT2D eigenvalue weighted by molar-refractivity contribution is -0.160. The van der Waals surface area contributed by atoms with Crippen LogP contribution in [0.5, 0.6) is 0 Å². The Morgan fingerprint density at radius 1 is 1.39 bits per heavy atom. The van der Waals surface area contributed by atoms with Crippen LogP contribution in [0.15, 0.2) is 17.1 Å². The number of ether oxygens (including phenoxy) is 3. The molecule has 1 fully saturated rings. The smallest absolute Gasteiger partial charge is 0.351 e. The summed E-state index contributed by atoms with van der Waals surface area (Å²) in [4.78, 5) is 16.0. The number of halogens is 1. The fourth-order valence-electron chi connectivity index (χ4n) is 3.24. The highest BCUT2D eigenvalue weighted by Crippen LogP contribution is 2.43. The molecule has 1 aliphatic rings. The summed E-state index contributed by atoms with van der Waals surface area (Å²) in [6, 6.07) is 1.47. The number of alkyl halides is 1. The average Bonchev–Trinajstić information content (AvgIpc) is 2.99. The molecule has 1 unspecified atom stereocenters. The quantitative estimate of drug-likeness (QED) is 0.457. The summed E-state index contributed by atoms with van der Waals surface area (Å²) in [5.41, 5.74) is 3.57. The van der Waals surface area contributed by atoms with Crippen LogP contribution in [0.1, 0.15) is 45.8 Å². The monoisotopic (exact) mass is 395 g/mol. The summed E-state index contributed by atoms with van der Waals surface area (Å²) >= 11 is 0. The molecule has 1 saturated heterocycles. The number of unbranched alkanes of at least 4 members (excludes halogenated alkanes) is 2. The minimum Gasteiger partial charge on any atom is -0.383 e. The van der Waals surface area contributed by atoms with Crippen molar-refractivity contribution in [3.8, 4) is 12.3 Å². The van der Waals surface area contributed by atoms with Gasteiger partial charge in [0, 0.05) is 19.4 Å². The van der Waals surface area contributed by atoms with Gasteiger partial charge >= 0.3 is 5.69 Å². The normalized spacial score (nSPS) is 27.0. The Morgan fingerprint density at radius 3 is 2.71 bits per heavy atom. The standard InChI is InChI=1S/C20H30FN3O4/c1-4-7-11-26-14-20(13-21)17(27-12-8-5-2)15(6-3)18(28-20)24-10-9-16(22)23-19(24)25/h3,9-10,15,17-18H,4-5,7-8,11-14H2,1-2H3,(H2,22,23,25)/t15?,17-,18+,20+/m0/s1. The van der Waals surface area contributed by atoms with E-state index in [0.29, 0.717) is 13.2 Å². The first-order valence-corrected chi connectivity index (χ1v) is 9.76. The number of terminal acetylenes is 1. The first-order chi connectivity index (χ1) is 13.5. The van der Waals surface area contributed by atoms with Crippen molar-refractivity contribution in [1.29, 1.82) is 0 Å². The Bertz CT molecular complexity index is 720. The summed E-state index contributed by atoms with van der Waals surface area (Å²) < 4.78 is 33.2. The molecule has 2 rings (SSSR count). The number of hydrogen-bond acceptors (Lipinski definition) is 6. The van der Waals surface area contributed by atoms with E-state index >= 15 is 0 Å². The van der Waals surface area contributed by atoms with Crippen LogP contribution in [-0.2, 0) is 14.2 Å². The van der Waals surface area contributed by atoms with Gasteiger partial charge in [0.15, 0.2) is 6.23 Å². The van der Waals surface area contributed by atoms with Crippen molar-refractivity contribution in [3.63, 3.8) is 0 Å². The predicted molar refractivity (Wildman–Crippen MR) is 104 cm³/mol. The van der Waals surface area contributed by atoms with Crippen LogP contribution in [0.2, 0.25) is 0 Å². The van der Waals surface area contributed by atoms with Crippen molar-refractivity contribution < 1.29 is 18.6 Å². The summed E-state index contributed by atoms with van der Waals surface area (Å²) in [6.45, 7) is 4.13. The van der Waals surface area contributed by atoms with Gasteiger partial charge in [-0.3, -0.25) is 4.57 Å². The van der Waals surface area contributed by atoms with E-state index in [4.69, 9.17) is 26.4 Å². The van der Waals surface area contributed by atoms with Gasteiger partial charge in [-0.25, -0.2) is 9.18 Å². The minimum absolute atomic E-state index is 0.00781. The van der Waals surface area contributed by atoms with Crippen LogP contribution in [0.25, 0.3) is 0 Å². The zero-order valence-electron chi connectivity index (χ0n) is 16.6. The average molecular weight is 395 g/mol. The molecule has 1 aromatic rings. The molecule has 0 aromatic carbocycles. The molecule has 7 nitrogen and oxygen atoms in total. The van der Waals surface area contributed by atoms with Gasteiger partial charge in [0.25, 0.3) is 0 Å². The maximum Gasteiger partial charge on any atom is 0.351 e. The number of nitrogen functional groups attached to an aromatic ring is 1. The third-order valence-electron chi connectivity index (χ3n) is 4.84. The number of anilines is 1. The van der Waals surface area contributed by atoms with Crippen LogP contribution >= 0.6 is 0 Å². The van der Waals surface area contributed by atoms with Gasteiger partial charge in [0.2, 0.25) is 0 Å². The highest BCUT2D eigenvalue weighted by Gasteiger charge is 2.57. The van der Waals surface area contributed by atoms with E-state index in [9.17, 15) is 9.18 Å². The van der Waals surface area contributed by atoms with Crippen molar-refractivity contribution in [3.05, 3.63) is 22.7 Å². The van der Waals surface area contributed by atoms with Crippen LogP contribution in [0, 0.1) is 18.3 Å². The highest BCUT2D eigenvalue weighted by molar-refractivity contribution is 5.24. The Morgan fingerprint density at radius 2 is 2.11 bits per heavy atom. The van der Waals surface area contributed by atoms with E-state index in [1.54, 1.807) is 0 Å². The largest absolute Gasteiger partial charge is 0.383 e. The van der Waals surface area contributed by atoms with E-state index < -0.39 is 36.2 Å². The van der Waals surface area contributed by atoms with Crippen molar-refractivity contribution in [2.45, 2.75) is 57.5 Å². The zero-order valence-corrected chi connectivity index (χ0v) is 16.6. The maximum absolute atomic E-state index is 14.3. The molecular weight excluding hydrogens is 365 g/mol. The molecular formula is C20H30FN3O4. The van der Waals surface area contributed by atoms with E-state index in [1.165, 1.54) is 16.8 Å². The van der Waals surface area contributed by atoms with Gasteiger partial charge in [-0.15, -0.1) is 6.42 Å². The molecule has 1 aliphatic heterocycles. The summed E-state index contributed by atoms with van der Waals surface area (Å²) in [5.74, 6) is 2.05. The van der Waals surface area contributed by atoms with E-state index in [-0.39, 0.29) is 12.4 Å². The first-order valence-electron chi connectivity index (χ1n) is 9.76. The number of rotatable bonds is 11. The van der Waals surface area contributed by atoms with Gasteiger partial charge in [-0.2, -0.15) is 4.98 Å². The Balaban J connectivity index is 2.34. The van der Waals surface area contributed by atoms with Crippen LogP contribution in [0.3, 0.4) is 0 Å². The number of aromatic nitrogens is 2. The molecule has 2 heterocycles. The van der Waals surface area contributed by atoms with Crippen LogP contribution < -0.4 is 11.4 Å². The lowest BCUT2D eigenvalue weighted by atomic mass is 9.91. The van der Waals surface area contributed by atoms with Gasteiger partial charge in [0.05, 0.1) is 12.5 Å². The molecule has 0 amide bonds. The van der Waals surface area contributed by atoms with E-state index in [1.807, 2.05) is 13.8 Å². The molecule has 4 atom stereocenters. The first kappa shape index (κ1) is 22.3. The molecule has 28 heavy (non-hydrogen) atoms. The van der Waals surface area contributed by atoms with E-state index in [2.05, 4.69) is 10.9 Å². The van der Waals surface area contributed by atoms with Gasteiger partial charge in [-0.1, -0.05) is 32.6 Å². The lowest BCUT2D eigenvalue weighted by Gasteiger charge is -2.32. The second kappa shape index (κ2) is 10.6. The number of nitrogens with two attached hydrogens (primary N) is 1. The lowest BCUT2D eigenvalue weighted by Crippen LogP contribution is -2.49. The van der Waals surface area contributed by atoms with Crippen molar-refractivity contribution in [1.82, 2.24) is 9.55 Å². The van der Waals surface area contributed by atoms with Crippen LogP contribution in [0.4, 0.5) is 10.2 Å². The molecule has 0 radical (unpaired) electrons. The molecule has 156 valence electrons. The molecule has 0 aliphatic carbocycles. The maximum atomic E-state index is 14.3. The molecule has 1 aromatic heterocycles. The fourth-order valence-corrected chi connectivity index (χ4v) is 3.24. The Hall–Kier alpha value is -1.95. The zero-order chi connectivity index (χ0) is 20.6. The molecule has 0 spiro atoms. The highest BCUT2D eigenvalue weighted by atomic mass is 19.1. The number of hydrogen-bond donors (Lipinski definition) is 1. The SMILES string of the molecule is C#CC1[C@H](n2ccc(N)nc2=O)O[C@](CF)(COCCCC)[C@H]1OCCCC. The number of nitrogens with zero attached hydrogens (tertiary/aromatic N) is 2. The molecule has 0 bridgehead atoms. The third-order valence-corrected chi connectivity index (χ3v) is 4.84. The van der Waals surface area contributed by atoms with Crippen molar-refractivity contribution in [2.24, 2.45) is 5.92 Å². The molecule has 8 heteroatoms. The molecule has 2 N–H and O–H groups in total. The van der Waals surface area contributed by atoms with Gasteiger partial charge in [0.1, 0.15) is 24.2 Å². The Labute approximate surface area is 165 Å².